The number of benzene rings is 1. The fraction of sp³-hybridized carbons (Fsp3) is 0.571. The molecular formula is C14H19N. The van der Waals surface area contributed by atoms with Gasteiger partial charge in [-0.1, -0.05) is 18.2 Å². The van der Waals surface area contributed by atoms with Crippen LogP contribution >= 0.6 is 0 Å². The lowest BCUT2D eigenvalue weighted by Gasteiger charge is -2.22. The van der Waals surface area contributed by atoms with Crippen LogP contribution in [0.3, 0.4) is 0 Å². The van der Waals surface area contributed by atoms with Crippen LogP contribution in [0.15, 0.2) is 18.2 Å². The molecule has 1 heterocycles. The quantitative estimate of drug-likeness (QED) is 0.736. The Morgan fingerprint density at radius 1 is 1.07 bits per heavy atom. The second-order valence-corrected chi connectivity index (χ2v) is 4.84. The zero-order valence-corrected chi connectivity index (χ0v) is 9.26. The molecule has 0 bridgehead atoms. The van der Waals surface area contributed by atoms with E-state index in [2.05, 4.69) is 23.5 Å². The Kier molecular flexibility index (Phi) is 2.49. The third-order valence-electron chi connectivity index (χ3n) is 3.87. The van der Waals surface area contributed by atoms with Gasteiger partial charge in [0.2, 0.25) is 0 Å². The normalized spacial score (nSPS) is 25.2. The third-order valence-corrected chi connectivity index (χ3v) is 3.87. The van der Waals surface area contributed by atoms with E-state index >= 15 is 0 Å². The van der Waals surface area contributed by atoms with Crippen molar-refractivity contribution in [2.24, 2.45) is 0 Å². The Hall–Kier alpha value is -0.820. The molecule has 1 heteroatoms. The molecule has 1 aromatic rings. The highest BCUT2D eigenvalue weighted by Gasteiger charge is 2.21. The molecule has 0 radical (unpaired) electrons. The number of rotatable bonds is 1. The Labute approximate surface area is 91.9 Å². The SMILES string of the molecule is c1cc2c(c(C3CCCN3)c1)CCCC2. The van der Waals surface area contributed by atoms with Gasteiger partial charge < -0.3 is 5.32 Å². The number of hydrogen-bond acceptors (Lipinski definition) is 1. The summed E-state index contributed by atoms with van der Waals surface area (Å²) in [6.07, 6.45) is 8.05. The smallest absolute Gasteiger partial charge is 0.0323 e. The van der Waals surface area contributed by atoms with E-state index in [1.54, 1.807) is 16.7 Å². The van der Waals surface area contributed by atoms with Crippen LogP contribution in [-0.4, -0.2) is 6.54 Å². The maximum absolute atomic E-state index is 3.62. The molecule has 1 aliphatic heterocycles. The molecular weight excluding hydrogens is 182 g/mol. The second kappa shape index (κ2) is 3.97. The van der Waals surface area contributed by atoms with E-state index in [9.17, 15) is 0 Å². The van der Waals surface area contributed by atoms with Crippen molar-refractivity contribution in [2.75, 3.05) is 6.54 Å². The molecule has 1 N–H and O–H groups in total. The first-order valence-electron chi connectivity index (χ1n) is 6.29. The van der Waals surface area contributed by atoms with Crippen LogP contribution in [0.25, 0.3) is 0 Å². The van der Waals surface area contributed by atoms with Gasteiger partial charge in [-0.05, 0) is 61.8 Å². The molecule has 3 rings (SSSR count). The molecule has 1 aromatic carbocycles. The van der Waals surface area contributed by atoms with E-state index in [-0.39, 0.29) is 0 Å². The summed E-state index contributed by atoms with van der Waals surface area (Å²) >= 11 is 0. The third kappa shape index (κ3) is 1.69. The van der Waals surface area contributed by atoms with E-state index < -0.39 is 0 Å². The predicted molar refractivity (Wildman–Crippen MR) is 63.1 cm³/mol. The fourth-order valence-corrected chi connectivity index (χ4v) is 3.09. The van der Waals surface area contributed by atoms with Crippen molar-refractivity contribution in [3.8, 4) is 0 Å². The van der Waals surface area contributed by atoms with Gasteiger partial charge in [0.25, 0.3) is 0 Å². The van der Waals surface area contributed by atoms with Crippen LogP contribution < -0.4 is 5.32 Å². The van der Waals surface area contributed by atoms with E-state index in [1.165, 1.54) is 45.1 Å². The highest BCUT2D eigenvalue weighted by Crippen LogP contribution is 2.31. The van der Waals surface area contributed by atoms with Gasteiger partial charge in [0.05, 0.1) is 0 Å². The summed E-state index contributed by atoms with van der Waals surface area (Å²) < 4.78 is 0. The molecule has 2 aliphatic rings. The highest BCUT2D eigenvalue weighted by molar-refractivity contribution is 5.39. The standard InChI is InChI=1S/C14H19N/c1-2-7-12-11(5-1)6-3-8-13(12)14-9-4-10-15-14/h3,6,8,14-15H,1-2,4-5,7,9-10H2. The number of fused-ring (bicyclic) bond motifs is 1. The summed E-state index contributed by atoms with van der Waals surface area (Å²) in [5.74, 6) is 0. The summed E-state index contributed by atoms with van der Waals surface area (Å²) in [4.78, 5) is 0. The molecule has 1 nitrogen and oxygen atoms in total. The lowest BCUT2D eigenvalue weighted by atomic mass is 9.85. The highest BCUT2D eigenvalue weighted by atomic mass is 14.9. The van der Waals surface area contributed by atoms with E-state index in [1.807, 2.05) is 0 Å². The predicted octanol–water partition coefficient (Wildman–Crippen LogP) is 2.99. The minimum absolute atomic E-state index is 0.651. The van der Waals surface area contributed by atoms with Crippen molar-refractivity contribution in [3.63, 3.8) is 0 Å². The van der Waals surface area contributed by atoms with Crippen molar-refractivity contribution >= 4 is 0 Å². The summed E-state index contributed by atoms with van der Waals surface area (Å²) in [6.45, 7) is 1.20. The molecule has 1 fully saturated rings. The fourth-order valence-electron chi connectivity index (χ4n) is 3.09. The summed E-state index contributed by atoms with van der Waals surface area (Å²) in [5, 5.41) is 3.62. The Balaban J connectivity index is 1.99. The molecule has 0 amide bonds. The summed E-state index contributed by atoms with van der Waals surface area (Å²) in [6, 6.07) is 7.57. The van der Waals surface area contributed by atoms with Crippen molar-refractivity contribution in [1.82, 2.24) is 5.32 Å². The first-order chi connectivity index (χ1) is 7.45. The molecule has 0 saturated carbocycles. The zero-order chi connectivity index (χ0) is 10.1. The minimum Gasteiger partial charge on any atom is -0.310 e. The van der Waals surface area contributed by atoms with Crippen LogP contribution in [0.4, 0.5) is 0 Å². The van der Waals surface area contributed by atoms with Gasteiger partial charge in [0.15, 0.2) is 0 Å². The van der Waals surface area contributed by atoms with Crippen molar-refractivity contribution in [3.05, 3.63) is 34.9 Å². The molecule has 15 heavy (non-hydrogen) atoms. The lowest BCUT2D eigenvalue weighted by Crippen LogP contribution is -2.17. The van der Waals surface area contributed by atoms with Crippen molar-refractivity contribution in [2.45, 2.75) is 44.6 Å². The molecule has 1 atom stereocenters. The monoisotopic (exact) mass is 201 g/mol. The van der Waals surface area contributed by atoms with Gasteiger partial charge in [-0.15, -0.1) is 0 Å². The van der Waals surface area contributed by atoms with Gasteiger partial charge in [-0.25, -0.2) is 0 Å². The first-order valence-corrected chi connectivity index (χ1v) is 6.29. The van der Waals surface area contributed by atoms with Gasteiger partial charge >= 0.3 is 0 Å². The van der Waals surface area contributed by atoms with Gasteiger partial charge in [0.1, 0.15) is 0 Å². The van der Waals surface area contributed by atoms with Crippen LogP contribution in [0.2, 0.25) is 0 Å². The van der Waals surface area contributed by atoms with Crippen molar-refractivity contribution < 1.29 is 0 Å². The Morgan fingerprint density at radius 3 is 2.87 bits per heavy atom. The first kappa shape index (κ1) is 9.41. The maximum Gasteiger partial charge on any atom is 0.0323 e. The van der Waals surface area contributed by atoms with Crippen LogP contribution in [0.5, 0.6) is 0 Å². The molecule has 1 saturated heterocycles. The minimum atomic E-state index is 0.651. The number of hydrogen-bond donors (Lipinski definition) is 1. The second-order valence-electron chi connectivity index (χ2n) is 4.84. The molecule has 0 aromatic heterocycles. The Bertz CT molecular complexity index is 350. The van der Waals surface area contributed by atoms with E-state index in [0.717, 1.165) is 0 Å². The number of aryl methyl sites for hydroxylation is 1. The number of nitrogens with one attached hydrogen (secondary N) is 1. The lowest BCUT2D eigenvalue weighted by molar-refractivity contribution is 0.616. The van der Waals surface area contributed by atoms with Crippen LogP contribution in [0, 0.1) is 0 Å². The van der Waals surface area contributed by atoms with Crippen molar-refractivity contribution in [1.29, 1.82) is 0 Å². The average molecular weight is 201 g/mol. The van der Waals surface area contributed by atoms with Gasteiger partial charge in [-0.3, -0.25) is 0 Å². The molecule has 1 aliphatic carbocycles. The summed E-state index contributed by atoms with van der Waals surface area (Å²) in [7, 11) is 0. The van der Waals surface area contributed by atoms with Gasteiger partial charge in [-0.2, -0.15) is 0 Å². The summed E-state index contributed by atoms with van der Waals surface area (Å²) in [5.41, 5.74) is 4.89. The van der Waals surface area contributed by atoms with E-state index in [0.29, 0.717) is 6.04 Å². The van der Waals surface area contributed by atoms with Crippen LogP contribution in [0.1, 0.15) is 48.4 Å². The van der Waals surface area contributed by atoms with E-state index in [4.69, 9.17) is 0 Å². The largest absolute Gasteiger partial charge is 0.310 e. The zero-order valence-electron chi connectivity index (χ0n) is 9.26. The average Bonchev–Trinajstić information content (AvgIpc) is 2.82. The molecule has 1 unspecified atom stereocenters. The molecule has 0 spiro atoms. The maximum atomic E-state index is 3.62. The Morgan fingerprint density at radius 2 is 2.00 bits per heavy atom. The topological polar surface area (TPSA) is 12.0 Å². The molecule has 80 valence electrons. The van der Waals surface area contributed by atoms with Crippen LogP contribution in [-0.2, 0) is 12.8 Å². The van der Waals surface area contributed by atoms with Gasteiger partial charge in [0, 0.05) is 6.04 Å².